The summed E-state index contributed by atoms with van der Waals surface area (Å²) in [6.07, 6.45) is 3.03. The third kappa shape index (κ3) is 5.77. The second-order valence-corrected chi connectivity index (χ2v) is 6.42. The molecule has 7 nitrogen and oxygen atoms in total. The van der Waals surface area contributed by atoms with Crippen molar-refractivity contribution in [2.75, 3.05) is 41.0 Å². The van der Waals surface area contributed by atoms with Gasteiger partial charge in [-0.25, -0.2) is 0 Å². The first-order chi connectivity index (χ1) is 13.1. The number of benzene rings is 1. The SMILES string of the molecule is CCNC(=NCCCCC(=O)OC)N1CCc2cc(OC)c(OC)cc2C1. The van der Waals surface area contributed by atoms with Crippen LogP contribution < -0.4 is 14.8 Å². The molecule has 150 valence electrons. The van der Waals surface area contributed by atoms with Gasteiger partial charge in [-0.05, 0) is 49.4 Å². The van der Waals surface area contributed by atoms with E-state index in [1.165, 1.54) is 18.2 Å². The number of nitrogens with one attached hydrogen (secondary N) is 1. The van der Waals surface area contributed by atoms with Crippen molar-refractivity contribution in [3.63, 3.8) is 0 Å². The highest BCUT2D eigenvalue weighted by Crippen LogP contribution is 2.33. The molecule has 0 saturated heterocycles. The van der Waals surface area contributed by atoms with Crippen molar-refractivity contribution in [2.24, 2.45) is 4.99 Å². The molecule has 0 unspecified atom stereocenters. The smallest absolute Gasteiger partial charge is 0.305 e. The number of rotatable bonds is 8. The standard InChI is InChI=1S/C20H31N3O4/c1-5-21-20(22-10-7-6-8-19(24)27-4)23-11-9-15-12-17(25-2)18(26-3)13-16(15)14-23/h12-13H,5-11,14H2,1-4H3,(H,21,22). The van der Waals surface area contributed by atoms with Crippen LogP contribution in [0.1, 0.15) is 37.3 Å². The van der Waals surface area contributed by atoms with Crippen LogP contribution in [0.4, 0.5) is 0 Å². The zero-order chi connectivity index (χ0) is 19.6. The summed E-state index contributed by atoms with van der Waals surface area (Å²) >= 11 is 0. The van der Waals surface area contributed by atoms with E-state index in [2.05, 4.69) is 34.0 Å². The largest absolute Gasteiger partial charge is 0.493 e. The molecule has 1 heterocycles. The number of carbonyl (C=O) groups excluding carboxylic acids is 1. The molecule has 0 aromatic heterocycles. The molecule has 1 aromatic carbocycles. The fraction of sp³-hybridized carbons (Fsp3) is 0.600. The Morgan fingerprint density at radius 2 is 1.85 bits per heavy atom. The van der Waals surface area contributed by atoms with Crippen LogP contribution in [-0.2, 0) is 22.5 Å². The number of ether oxygens (including phenoxy) is 3. The molecule has 0 spiro atoms. The quantitative estimate of drug-likeness (QED) is 0.325. The molecule has 1 N–H and O–H groups in total. The number of hydrogen-bond donors (Lipinski definition) is 1. The molecule has 0 amide bonds. The summed E-state index contributed by atoms with van der Waals surface area (Å²) in [4.78, 5) is 18.2. The van der Waals surface area contributed by atoms with Crippen LogP contribution >= 0.6 is 0 Å². The third-order valence-corrected chi connectivity index (χ3v) is 4.63. The zero-order valence-electron chi connectivity index (χ0n) is 16.8. The zero-order valence-corrected chi connectivity index (χ0v) is 16.8. The van der Waals surface area contributed by atoms with E-state index in [9.17, 15) is 4.79 Å². The lowest BCUT2D eigenvalue weighted by Gasteiger charge is -2.32. The maximum Gasteiger partial charge on any atom is 0.305 e. The van der Waals surface area contributed by atoms with Crippen LogP contribution in [-0.4, -0.2) is 57.8 Å². The van der Waals surface area contributed by atoms with Gasteiger partial charge in [-0.15, -0.1) is 0 Å². The molecule has 1 aliphatic rings. The Morgan fingerprint density at radius 1 is 1.15 bits per heavy atom. The van der Waals surface area contributed by atoms with Crippen molar-refractivity contribution >= 4 is 11.9 Å². The molecule has 0 bridgehead atoms. The van der Waals surface area contributed by atoms with Gasteiger partial charge in [0.2, 0.25) is 0 Å². The van der Waals surface area contributed by atoms with E-state index in [1.54, 1.807) is 14.2 Å². The van der Waals surface area contributed by atoms with Crippen LogP contribution in [0, 0.1) is 0 Å². The summed E-state index contributed by atoms with van der Waals surface area (Å²) in [6.45, 7) is 5.25. The number of carbonyl (C=O) groups is 1. The number of aliphatic imine (C=N–C) groups is 1. The minimum Gasteiger partial charge on any atom is -0.493 e. The number of unbranched alkanes of at least 4 members (excludes halogenated alkanes) is 1. The van der Waals surface area contributed by atoms with Crippen molar-refractivity contribution < 1.29 is 19.0 Å². The van der Waals surface area contributed by atoms with E-state index >= 15 is 0 Å². The summed E-state index contributed by atoms with van der Waals surface area (Å²) < 4.78 is 15.5. The molecule has 7 heteroatoms. The molecule has 0 fully saturated rings. The van der Waals surface area contributed by atoms with Gasteiger partial charge in [-0.1, -0.05) is 0 Å². The van der Waals surface area contributed by atoms with Gasteiger partial charge < -0.3 is 24.4 Å². The normalized spacial score (nSPS) is 13.8. The van der Waals surface area contributed by atoms with Gasteiger partial charge in [0.15, 0.2) is 17.5 Å². The first-order valence-electron chi connectivity index (χ1n) is 9.46. The van der Waals surface area contributed by atoms with E-state index in [-0.39, 0.29) is 5.97 Å². The van der Waals surface area contributed by atoms with E-state index in [1.807, 2.05) is 0 Å². The molecular weight excluding hydrogens is 346 g/mol. The average molecular weight is 377 g/mol. The van der Waals surface area contributed by atoms with Crippen LogP contribution in [0.25, 0.3) is 0 Å². The topological polar surface area (TPSA) is 72.4 Å². The van der Waals surface area contributed by atoms with Crippen molar-refractivity contribution in [1.29, 1.82) is 0 Å². The first kappa shape index (κ1) is 20.9. The summed E-state index contributed by atoms with van der Waals surface area (Å²) in [7, 11) is 4.74. The third-order valence-electron chi connectivity index (χ3n) is 4.63. The first-order valence-corrected chi connectivity index (χ1v) is 9.46. The number of hydrogen-bond acceptors (Lipinski definition) is 5. The molecular formula is C20H31N3O4. The van der Waals surface area contributed by atoms with Gasteiger partial charge in [-0.2, -0.15) is 0 Å². The van der Waals surface area contributed by atoms with Crippen molar-refractivity contribution in [3.05, 3.63) is 23.3 Å². The van der Waals surface area contributed by atoms with Crippen molar-refractivity contribution in [3.8, 4) is 11.5 Å². The maximum absolute atomic E-state index is 11.2. The second kappa shape index (κ2) is 10.6. The molecule has 1 aliphatic heterocycles. The van der Waals surface area contributed by atoms with Crippen molar-refractivity contribution in [1.82, 2.24) is 10.2 Å². The lowest BCUT2D eigenvalue weighted by atomic mass is 9.99. The fourth-order valence-corrected chi connectivity index (χ4v) is 3.16. The van der Waals surface area contributed by atoms with Gasteiger partial charge in [0, 0.05) is 32.6 Å². The van der Waals surface area contributed by atoms with Crippen LogP contribution in [0.5, 0.6) is 11.5 Å². The van der Waals surface area contributed by atoms with Crippen LogP contribution in [0.15, 0.2) is 17.1 Å². The molecule has 0 saturated carbocycles. The molecule has 0 radical (unpaired) electrons. The number of esters is 1. The second-order valence-electron chi connectivity index (χ2n) is 6.42. The summed E-state index contributed by atoms with van der Waals surface area (Å²) in [5.74, 6) is 2.28. The predicted molar refractivity (Wildman–Crippen MR) is 106 cm³/mol. The molecule has 1 aromatic rings. The Hall–Kier alpha value is -2.44. The minimum atomic E-state index is -0.164. The Kier molecular flexibility index (Phi) is 8.23. The summed E-state index contributed by atoms with van der Waals surface area (Å²) in [5, 5.41) is 3.37. The van der Waals surface area contributed by atoms with Gasteiger partial charge in [0.05, 0.1) is 21.3 Å². The Balaban J connectivity index is 2.02. The average Bonchev–Trinajstić information content (AvgIpc) is 2.70. The lowest BCUT2D eigenvalue weighted by molar-refractivity contribution is -0.140. The maximum atomic E-state index is 11.2. The number of guanidine groups is 1. The van der Waals surface area contributed by atoms with Gasteiger partial charge in [-0.3, -0.25) is 9.79 Å². The van der Waals surface area contributed by atoms with Crippen molar-refractivity contribution in [2.45, 2.75) is 39.2 Å². The van der Waals surface area contributed by atoms with Gasteiger partial charge in [0.25, 0.3) is 0 Å². The van der Waals surface area contributed by atoms with E-state index in [0.29, 0.717) is 13.0 Å². The molecule has 0 aliphatic carbocycles. The minimum absolute atomic E-state index is 0.164. The lowest BCUT2D eigenvalue weighted by Crippen LogP contribution is -2.44. The van der Waals surface area contributed by atoms with E-state index in [4.69, 9.17) is 14.5 Å². The molecule has 0 atom stereocenters. The Labute approximate surface area is 161 Å². The Morgan fingerprint density at radius 3 is 2.48 bits per heavy atom. The predicted octanol–water partition coefficient (Wildman–Crippen LogP) is 2.37. The highest BCUT2D eigenvalue weighted by Gasteiger charge is 2.21. The van der Waals surface area contributed by atoms with Crippen LogP contribution in [0.2, 0.25) is 0 Å². The Bertz CT molecular complexity index is 661. The highest BCUT2D eigenvalue weighted by molar-refractivity contribution is 5.80. The summed E-state index contributed by atoms with van der Waals surface area (Å²) in [6, 6.07) is 4.13. The van der Waals surface area contributed by atoms with E-state index in [0.717, 1.165) is 56.4 Å². The van der Waals surface area contributed by atoms with Crippen LogP contribution in [0.3, 0.4) is 0 Å². The monoisotopic (exact) mass is 377 g/mol. The fourth-order valence-electron chi connectivity index (χ4n) is 3.16. The van der Waals surface area contributed by atoms with Gasteiger partial charge >= 0.3 is 5.97 Å². The highest BCUT2D eigenvalue weighted by atomic mass is 16.5. The van der Waals surface area contributed by atoms with Gasteiger partial charge in [0.1, 0.15) is 0 Å². The summed E-state index contributed by atoms with van der Waals surface area (Å²) in [5.41, 5.74) is 2.52. The number of nitrogens with zero attached hydrogens (tertiary/aromatic N) is 2. The molecule has 27 heavy (non-hydrogen) atoms. The number of fused-ring (bicyclic) bond motifs is 1. The number of methoxy groups -OCH3 is 3. The van der Waals surface area contributed by atoms with E-state index < -0.39 is 0 Å². The molecule has 2 rings (SSSR count).